The Morgan fingerprint density at radius 1 is 1.05 bits per heavy atom. The van der Waals surface area contributed by atoms with Crippen LogP contribution < -0.4 is 0 Å². The SMILES string of the molecule is CC(=O)N1CCN(C(=O)CN(CC(=O)O)CC(C)C)CC1. The van der Waals surface area contributed by atoms with Gasteiger partial charge in [0.1, 0.15) is 0 Å². The van der Waals surface area contributed by atoms with Crippen LogP contribution in [0.4, 0.5) is 0 Å². The van der Waals surface area contributed by atoms with E-state index in [0.29, 0.717) is 38.6 Å². The molecule has 0 saturated carbocycles. The van der Waals surface area contributed by atoms with Gasteiger partial charge in [0, 0.05) is 39.6 Å². The number of carboxylic acids is 1. The molecule has 0 radical (unpaired) electrons. The molecule has 1 N–H and O–H groups in total. The molecule has 0 aromatic rings. The van der Waals surface area contributed by atoms with Crippen molar-refractivity contribution < 1.29 is 19.5 Å². The van der Waals surface area contributed by atoms with Gasteiger partial charge in [-0.05, 0) is 5.92 Å². The molecule has 120 valence electrons. The van der Waals surface area contributed by atoms with E-state index in [1.807, 2.05) is 13.8 Å². The predicted molar refractivity (Wildman–Crippen MR) is 77.7 cm³/mol. The normalized spacial score (nSPS) is 15.7. The number of carboxylic acid groups (broad SMARTS) is 1. The first-order chi connectivity index (χ1) is 9.79. The summed E-state index contributed by atoms with van der Waals surface area (Å²) in [5, 5.41) is 8.91. The number of aliphatic carboxylic acids is 1. The summed E-state index contributed by atoms with van der Waals surface area (Å²) in [7, 11) is 0. The summed E-state index contributed by atoms with van der Waals surface area (Å²) in [6.07, 6.45) is 0. The number of carbonyl (C=O) groups excluding carboxylic acids is 2. The highest BCUT2D eigenvalue weighted by Gasteiger charge is 2.24. The maximum atomic E-state index is 12.2. The van der Waals surface area contributed by atoms with Crippen molar-refractivity contribution in [2.24, 2.45) is 5.92 Å². The van der Waals surface area contributed by atoms with Gasteiger partial charge < -0.3 is 14.9 Å². The van der Waals surface area contributed by atoms with Gasteiger partial charge in [0.05, 0.1) is 13.1 Å². The second kappa shape index (κ2) is 7.97. The largest absolute Gasteiger partial charge is 0.480 e. The Labute approximate surface area is 125 Å². The van der Waals surface area contributed by atoms with E-state index in [2.05, 4.69) is 0 Å². The zero-order valence-corrected chi connectivity index (χ0v) is 13.0. The van der Waals surface area contributed by atoms with Crippen molar-refractivity contribution in [3.05, 3.63) is 0 Å². The van der Waals surface area contributed by atoms with E-state index in [-0.39, 0.29) is 24.9 Å². The maximum absolute atomic E-state index is 12.2. The van der Waals surface area contributed by atoms with Gasteiger partial charge in [-0.25, -0.2) is 0 Å². The highest BCUT2D eigenvalue weighted by molar-refractivity contribution is 5.80. The molecule has 1 aliphatic rings. The Hall–Kier alpha value is -1.63. The number of nitrogens with zero attached hydrogens (tertiary/aromatic N) is 3. The van der Waals surface area contributed by atoms with Crippen LogP contribution in [0.2, 0.25) is 0 Å². The molecule has 1 saturated heterocycles. The Morgan fingerprint density at radius 2 is 1.57 bits per heavy atom. The molecule has 0 aromatic heterocycles. The molecule has 0 aliphatic carbocycles. The van der Waals surface area contributed by atoms with Crippen LogP contribution >= 0.6 is 0 Å². The average Bonchev–Trinajstić information content (AvgIpc) is 2.37. The van der Waals surface area contributed by atoms with E-state index in [0.717, 1.165) is 0 Å². The van der Waals surface area contributed by atoms with Crippen LogP contribution in [-0.2, 0) is 14.4 Å². The van der Waals surface area contributed by atoms with Crippen LogP contribution in [0.5, 0.6) is 0 Å². The van der Waals surface area contributed by atoms with E-state index in [4.69, 9.17) is 5.11 Å². The third kappa shape index (κ3) is 6.12. The van der Waals surface area contributed by atoms with Crippen molar-refractivity contribution >= 4 is 17.8 Å². The van der Waals surface area contributed by atoms with E-state index in [9.17, 15) is 14.4 Å². The van der Waals surface area contributed by atoms with Crippen LogP contribution in [0, 0.1) is 5.92 Å². The van der Waals surface area contributed by atoms with Crippen LogP contribution in [-0.4, -0.2) is 83.4 Å². The fourth-order valence-electron chi connectivity index (χ4n) is 2.45. The second-order valence-electron chi connectivity index (χ2n) is 5.84. The van der Waals surface area contributed by atoms with Crippen molar-refractivity contribution in [2.45, 2.75) is 20.8 Å². The molecule has 0 bridgehead atoms. The minimum absolute atomic E-state index is 0.0226. The lowest BCUT2D eigenvalue weighted by atomic mass is 10.2. The lowest BCUT2D eigenvalue weighted by Gasteiger charge is -2.35. The quantitative estimate of drug-likeness (QED) is 0.729. The number of carbonyl (C=O) groups is 3. The first-order valence-corrected chi connectivity index (χ1v) is 7.27. The van der Waals surface area contributed by atoms with E-state index >= 15 is 0 Å². The molecular formula is C14H25N3O4. The number of amides is 2. The summed E-state index contributed by atoms with van der Waals surface area (Å²) in [5.41, 5.74) is 0. The van der Waals surface area contributed by atoms with Crippen molar-refractivity contribution in [3.63, 3.8) is 0 Å². The lowest BCUT2D eigenvalue weighted by Crippen LogP contribution is -2.52. The molecule has 2 amide bonds. The fourth-order valence-corrected chi connectivity index (χ4v) is 2.45. The van der Waals surface area contributed by atoms with E-state index in [1.165, 1.54) is 6.92 Å². The summed E-state index contributed by atoms with van der Waals surface area (Å²) in [5.74, 6) is -0.675. The molecular weight excluding hydrogens is 274 g/mol. The zero-order valence-electron chi connectivity index (χ0n) is 13.0. The van der Waals surface area contributed by atoms with Crippen LogP contribution in [0.1, 0.15) is 20.8 Å². The van der Waals surface area contributed by atoms with Gasteiger partial charge in [0.15, 0.2) is 0 Å². The topological polar surface area (TPSA) is 81.2 Å². The molecule has 1 aliphatic heterocycles. The molecule has 1 rings (SSSR count). The Kier molecular flexibility index (Phi) is 6.61. The van der Waals surface area contributed by atoms with Crippen LogP contribution in [0.15, 0.2) is 0 Å². The van der Waals surface area contributed by atoms with Crippen LogP contribution in [0.3, 0.4) is 0 Å². The summed E-state index contributed by atoms with van der Waals surface area (Å²) in [6.45, 7) is 8.19. The summed E-state index contributed by atoms with van der Waals surface area (Å²) < 4.78 is 0. The maximum Gasteiger partial charge on any atom is 0.317 e. The molecule has 0 spiro atoms. The highest BCUT2D eigenvalue weighted by Crippen LogP contribution is 2.05. The van der Waals surface area contributed by atoms with Gasteiger partial charge >= 0.3 is 5.97 Å². The lowest BCUT2D eigenvalue weighted by molar-refractivity contribution is -0.142. The summed E-state index contributed by atoms with van der Waals surface area (Å²) >= 11 is 0. The molecule has 0 atom stereocenters. The number of rotatable bonds is 6. The van der Waals surface area contributed by atoms with Crippen LogP contribution in [0.25, 0.3) is 0 Å². The third-order valence-corrected chi connectivity index (χ3v) is 3.42. The summed E-state index contributed by atoms with van der Waals surface area (Å²) in [6, 6.07) is 0. The molecule has 1 heterocycles. The molecule has 0 aromatic carbocycles. The Morgan fingerprint density at radius 3 is 2.00 bits per heavy atom. The molecule has 21 heavy (non-hydrogen) atoms. The molecule has 1 fully saturated rings. The molecule has 0 unspecified atom stereocenters. The van der Waals surface area contributed by atoms with Gasteiger partial charge in [-0.15, -0.1) is 0 Å². The minimum Gasteiger partial charge on any atom is -0.480 e. The standard InChI is InChI=1S/C14H25N3O4/c1-11(2)8-15(10-14(20)21)9-13(19)17-6-4-16(5-7-17)12(3)18/h11H,4-10H2,1-3H3,(H,20,21). The van der Waals surface area contributed by atoms with Crippen molar-refractivity contribution in [1.82, 2.24) is 14.7 Å². The number of hydrogen-bond donors (Lipinski definition) is 1. The number of hydrogen-bond acceptors (Lipinski definition) is 4. The monoisotopic (exact) mass is 299 g/mol. The number of piperazine rings is 1. The van der Waals surface area contributed by atoms with Gasteiger partial charge in [0.2, 0.25) is 11.8 Å². The predicted octanol–water partition coefficient (Wildman–Crippen LogP) is -0.280. The van der Waals surface area contributed by atoms with Gasteiger partial charge in [-0.2, -0.15) is 0 Å². The van der Waals surface area contributed by atoms with Crippen molar-refractivity contribution in [1.29, 1.82) is 0 Å². The first kappa shape index (κ1) is 17.4. The third-order valence-electron chi connectivity index (χ3n) is 3.42. The van der Waals surface area contributed by atoms with Crippen molar-refractivity contribution in [3.8, 4) is 0 Å². The van der Waals surface area contributed by atoms with Gasteiger partial charge in [-0.3, -0.25) is 19.3 Å². The molecule has 7 nitrogen and oxygen atoms in total. The summed E-state index contributed by atoms with van der Waals surface area (Å²) in [4.78, 5) is 39.4. The average molecular weight is 299 g/mol. The minimum atomic E-state index is -0.926. The Balaban J connectivity index is 2.50. The highest BCUT2D eigenvalue weighted by atomic mass is 16.4. The van der Waals surface area contributed by atoms with E-state index < -0.39 is 5.97 Å². The fraction of sp³-hybridized carbons (Fsp3) is 0.786. The van der Waals surface area contributed by atoms with E-state index in [1.54, 1.807) is 14.7 Å². The zero-order chi connectivity index (χ0) is 16.0. The smallest absolute Gasteiger partial charge is 0.317 e. The molecule has 7 heteroatoms. The Bertz CT molecular complexity index is 390. The van der Waals surface area contributed by atoms with Gasteiger partial charge in [0.25, 0.3) is 0 Å². The second-order valence-corrected chi connectivity index (χ2v) is 5.84. The van der Waals surface area contributed by atoms with Crippen molar-refractivity contribution in [2.75, 3.05) is 45.8 Å². The van der Waals surface area contributed by atoms with Gasteiger partial charge in [-0.1, -0.05) is 13.8 Å². The first-order valence-electron chi connectivity index (χ1n) is 7.27.